The monoisotopic (exact) mass is 206 g/mol. The van der Waals surface area contributed by atoms with Gasteiger partial charge in [0.2, 0.25) is 0 Å². The van der Waals surface area contributed by atoms with Crippen molar-refractivity contribution in [2.45, 2.75) is 33.4 Å². The van der Waals surface area contributed by atoms with Crippen molar-refractivity contribution in [3.05, 3.63) is 36.2 Å². The van der Waals surface area contributed by atoms with Crippen molar-refractivity contribution >= 4 is 5.57 Å². The lowest BCUT2D eigenvalue weighted by Gasteiger charge is -2.09. The molecule has 0 fully saturated rings. The van der Waals surface area contributed by atoms with Gasteiger partial charge in [-0.2, -0.15) is 5.10 Å². The van der Waals surface area contributed by atoms with Gasteiger partial charge < -0.3 is 5.11 Å². The highest BCUT2D eigenvalue weighted by Gasteiger charge is 2.14. The molecular weight excluding hydrogens is 188 g/mol. The molecule has 0 unspecified atom stereocenters. The molecular formula is C12H18N2O. The van der Waals surface area contributed by atoms with E-state index in [1.165, 1.54) is 0 Å². The first-order valence-electron chi connectivity index (χ1n) is 5.08. The zero-order chi connectivity index (χ0) is 11.4. The summed E-state index contributed by atoms with van der Waals surface area (Å²) in [4.78, 5) is 0. The lowest BCUT2D eigenvalue weighted by molar-refractivity contribution is 0.199. The summed E-state index contributed by atoms with van der Waals surface area (Å²) in [6, 6.07) is 0. The van der Waals surface area contributed by atoms with Crippen LogP contribution in [0.3, 0.4) is 0 Å². The molecule has 1 heterocycles. The number of aliphatic hydroxyl groups excluding tert-OH is 1. The van der Waals surface area contributed by atoms with Gasteiger partial charge in [0.25, 0.3) is 0 Å². The molecule has 0 amide bonds. The quantitative estimate of drug-likeness (QED) is 0.769. The van der Waals surface area contributed by atoms with Gasteiger partial charge in [0.05, 0.1) is 24.5 Å². The van der Waals surface area contributed by atoms with E-state index in [2.05, 4.69) is 11.7 Å². The highest BCUT2D eigenvalue weighted by Crippen LogP contribution is 2.23. The number of aliphatic hydroxyl groups is 1. The molecule has 0 aliphatic rings. The van der Waals surface area contributed by atoms with Gasteiger partial charge in [-0.3, -0.25) is 4.68 Å². The SMILES string of the molecule is C=C(C)c1c([C@H](C)O)cnn1CC=CC. The van der Waals surface area contributed by atoms with Crippen LogP contribution in [-0.2, 0) is 6.54 Å². The Balaban J connectivity index is 3.12. The highest BCUT2D eigenvalue weighted by atomic mass is 16.3. The van der Waals surface area contributed by atoms with Crippen LogP contribution in [0.2, 0.25) is 0 Å². The summed E-state index contributed by atoms with van der Waals surface area (Å²) in [6.45, 7) is 10.3. The van der Waals surface area contributed by atoms with E-state index in [4.69, 9.17) is 0 Å². The van der Waals surface area contributed by atoms with Crippen molar-refractivity contribution in [2.24, 2.45) is 0 Å². The standard InChI is InChI=1S/C12H18N2O/c1-5-6-7-14-12(9(2)3)11(8-13-14)10(4)15/h5-6,8,10,15H,2,7H2,1,3-4H3/t10-/m0/s1. The van der Waals surface area contributed by atoms with E-state index in [0.29, 0.717) is 6.54 Å². The van der Waals surface area contributed by atoms with Crippen LogP contribution in [0.1, 0.15) is 38.1 Å². The Hall–Kier alpha value is -1.35. The van der Waals surface area contributed by atoms with Gasteiger partial charge in [0.15, 0.2) is 0 Å². The number of hydrogen-bond acceptors (Lipinski definition) is 2. The second-order valence-electron chi connectivity index (χ2n) is 3.66. The summed E-state index contributed by atoms with van der Waals surface area (Å²) in [7, 11) is 0. The number of aromatic nitrogens is 2. The molecule has 0 saturated carbocycles. The molecule has 1 aromatic rings. The van der Waals surface area contributed by atoms with Crippen molar-refractivity contribution in [2.75, 3.05) is 0 Å². The van der Waals surface area contributed by atoms with E-state index in [1.54, 1.807) is 13.1 Å². The molecule has 0 saturated heterocycles. The second-order valence-corrected chi connectivity index (χ2v) is 3.66. The number of rotatable bonds is 4. The third-order valence-corrected chi connectivity index (χ3v) is 2.24. The first-order valence-corrected chi connectivity index (χ1v) is 5.08. The maximum atomic E-state index is 9.58. The lowest BCUT2D eigenvalue weighted by Crippen LogP contribution is -2.04. The number of allylic oxidation sites excluding steroid dienone is 3. The zero-order valence-corrected chi connectivity index (χ0v) is 9.57. The summed E-state index contributed by atoms with van der Waals surface area (Å²) < 4.78 is 1.85. The molecule has 0 radical (unpaired) electrons. The Labute approximate surface area is 90.7 Å². The summed E-state index contributed by atoms with van der Waals surface area (Å²) in [6.07, 6.45) is 5.20. The predicted molar refractivity (Wildman–Crippen MR) is 62.4 cm³/mol. The topological polar surface area (TPSA) is 38.1 Å². The summed E-state index contributed by atoms with van der Waals surface area (Å²) in [5, 5.41) is 13.8. The minimum atomic E-state index is -0.504. The zero-order valence-electron chi connectivity index (χ0n) is 9.57. The molecule has 3 heteroatoms. The molecule has 1 atom stereocenters. The van der Waals surface area contributed by atoms with E-state index >= 15 is 0 Å². The van der Waals surface area contributed by atoms with Crippen LogP contribution in [-0.4, -0.2) is 14.9 Å². The average Bonchev–Trinajstić information content (AvgIpc) is 2.58. The minimum absolute atomic E-state index is 0.504. The molecule has 1 N–H and O–H groups in total. The molecule has 1 rings (SSSR count). The molecule has 15 heavy (non-hydrogen) atoms. The van der Waals surface area contributed by atoms with Crippen molar-refractivity contribution < 1.29 is 5.11 Å². The predicted octanol–water partition coefficient (Wildman–Crippen LogP) is 2.55. The Morgan fingerprint density at radius 1 is 1.73 bits per heavy atom. The third kappa shape index (κ3) is 2.57. The molecule has 0 spiro atoms. The molecule has 3 nitrogen and oxygen atoms in total. The number of nitrogens with zero attached hydrogens (tertiary/aromatic N) is 2. The van der Waals surface area contributed by atoms with Crippen LogP contribution in [0.5, 0.6) is 0 Å². The molecule has 82 valence electrons. The van der Waals surface area contributed by atoms with Crippen molar-refractivity contribution in [3.63, 3.8) is 0 Å². The van der Waals surface area contributed by atoms with Crippen molar-refractivity contribution in [1.82, 2.24) is 9.78 Å². The normalized spacial score (nSPS) is 13.3. The van der Waals surface area contributed by atoms with Crippen LogP contribution in [0, 0.1) is 0 Å². The Morgan fingerprint density at radius 2 is 2.40 bits per heavy atom. The van der Waals surface area contributed by atoms with Crippen LogP contribution < -0.4 is 0 Å². The first kappa shape index (κ1) is 11.7. The molecule has 0 aliphatic heterocycles. The lowest BCUT2D eigenvalue weighted by atomic mass is 10.1. The van der Waals surface area contributed by atoms with E-state index < -0.39 is 6.10 Å². The maximum absolute atomic E-state index is 9.58. The molecule has 0 aromatic carbocycles. The van der Waals surface area contributed by atoms with Crippen molar-refractivity contribution in [1.29, 1.82) is 0 Å². The van der Waals surface area contributed by atoms with Gasteiger partial charge in [-0.1, -0.05) is 18.7 Å². The van der Waals surface area contributed by atoms with Crippen LogP contribution in [0.15, 0.2) is 24.9 Å². The summed E-state index contributed by atoms with van der Waals surface area (Å²) in [5.41, 5.74) is 2.70. The highest BCUT2D eigenvalue weighted by molar-refractivity contribution is 5.61. The van der Waals surface area contributed by atoms with Gasteiger partial charge in [0.1, 0.15) is 0 Å². The van der Waals surface area contributed by atoms with Crippen LogP contribution >= 0.6 is 0 Å². The number of hydrogen-bond donors (Lipinski definition) is 1. The molecule has 1 aromatic heterocycles. The fourth-order valence-electron chi connectivity index (χ4n) is 1.52. The van der Waals surface area contributed by atoms with E-state index in [0.717, 1.165) is 16.8 Å². The van der Waals surface area contributed by atoms with Crippen LogP contribution in [0.4, 0.5) is 0 Å². The summed E-state index contributed by atoms with van der Waals surface area (Å²) in [5.74, 6) is 0. The minimum Gasteiger partial charge on any atom is -0.389 e. The Morgan fingerprint density at radius 3 is 2.87 bits per heavy atom. The maximum Gasteiger partial charge on any atom is 0.0798 e. The second kappa shape index (κ2) is 4.94. The smallest absolute Gasteiger partial charge is 0.0798 e. The van der Waals surface area contributed by atoms with Gasteiger partial charge in [0, 0.05) is 5.56 Å². The Bertz CT molecular complexity index is 375. The largest absolute Gasteiger partial charge is 0.389 e. The average molecular weight is 206 g/mol. The fourth-order valence-corrected chi connectivity index (χ4v) is 1.52. The summed E-state index contributed by atoms with van der Waals surface area (Å²) >= 11 is 0. The molecule has 0 aliphatic carbocycles. The Kier molecular flexibility index (Phi) is 3.86. The van der Waals surface area contributed by atoms with Crippen molar-refractivity contribution in [3.8, 4) is 0 Å². The fraction of sp³-hybridized carbons (Fsp3) is 0.417. The van der Waals surface area contributed by atoms with Gasteiger partial charge >= 0.3 is 0 Å². The molecule has 0 bridgehead atoms. The van der Waals surface area contributed by atoms with E-state index in [-0.39, 0.29) is 0 Å². The van der Waals surface area contributed by atoms with E-state index in [9.17, 15) is 5.11 Å². The van der Waals surface area contributed by atoms with Gasteiger partial charge in [-0.05, 0) is 26.3 Å². The van der Waals surface area contributed by atoms with Gasteiger partial charge in [-0.15, -0.1) is 0 Å². The third-order valence-electron chi connectivity index (χ3n) is 2.24. The van der Waals surface area contributed by atoms with E-state index in [1.807, 2.05) is 30.7 Å². The first-order chi connectivity index (χ1) is 7.07. The van der Waals surface area contributed by atoms with Crippen LogP contribution in [0.25, 0.3) is 5.57 Å². The van der Waals surface area contributed by atoms with Gasteiger partial charge in [-0.25, -0.2) is 0 Å².